The molecule has 0 aliphatic carbocycles. The van der Waals surface area contributed by atoms with Gasteiger partial charge in [0.15, 0.2) is 12.4 Å². The van der Waals surface area contributed by atoms with Crippen LogP contribution in [0, 0.1) is 11.8 Å². The molecule has 6 nitrogen and oxygen atoms in total. The van der Waals surface area contributed by atoms with Crippen LogP contribution in [0.3, 0.4) is 0 Å². The Morgan fingerprint density at radius 1 is 1.08 bits per heavy atom. The first-order valence-electron chi connectivity index (χ1n) is 7.46. The summed E-state index contributed by atoms with van der Waals surface area (Å²) in [4.78, 5) is 25.4. The van der Waals surface area contributed by atoms with E-state index in [2.05, 4.69) is 32.0 Å². The summed E-state index contributed by atoms with van der Waals surface area (Å²) in [5.41, 5.74) is 2.43. The van der Waals surface area contributed by atoms with Crippen molar-refractivity contribution in [3.05, 3.63) is 80.9 Å². The van der Waals surface area contributed by atoms with Gasteiger partial charge >= 0.3 is 12.4 Å². The van der Waals surface area contributed by atoms with Crippen LogP contribution in [0.4, 0.5) is 0 Å². The van der Waals surface area contributed by atoms with E-state index in [0.717, 1.165) is 23.6 Å². The third-order valence-electron chi connectivity index (χ3n) is 3.98. The Morgan fingerprint density at radius 3 is 2.79 bits per heavy atom. The van der Waals surface area contributed by atoms with Gasteiger partial charge in [0.25, 0.3) is 16.9 Å². The molecule has 0 saturated carbocycles. The fourth-order valence-electron chi connectivity index (χ4n) is 2.76. The monoisotopic (exact) mass is 318 g/mol. The number of aryl methyl sites for hydroxylation is 1. The smallest absolute Gasteiger partial charge is 0.302 e. The normalized spacial score (nSPS) is 11.4. The molecule has 24 heavy (non-hydrogen) atoms. The van der Waals surface area contributed by atoms with E-state index < -0.39 is 11.2 Å². The zero-order valence-electron chi connectivity index (χ0n) is 13.0. The number of rotatable bonds is 0. The molecule has 116 valence electrons. The topological polar surface area (TPSA) is 62.6 Å². The molecular formula is C18H14N4O2+2. The number of hydrogen-bond acceptors (Lipinski definition) is 2. The van der Waals surface area contributed by atoms with Crippen LogP contribution in [0.1, 0.15) is 11.1 Å². The molecule has 0 spiro atoms. The maximum atomic E-state index is 11.8. The SMILES string of the molecule is Cn1cc(C#Cc2ccc3[n+](c2)C[n+]2ccccc2-3)c(=O)[nH]c1=O. The highest BCUT2D eigenvalue weighted by Crippen LogP contribution is 2.14. The zero-order chi connectivity index (χ0) is 16.7. The number of H-pyrrole nitrogens is 1. The summed E-state index contributed by atoms with van der Waals surface area (Å²) in [6.07, 6.45) is 5.45. The van der Waals surface area contributed by atoms with Crippen LogP contribution in [0.15, 0.2) is 58.5 Å². The van der Waals surface area contributed by atoms with Crippen molar-refractivity contribution in [2.45, 2.75) is 6.67 Å². The Morgan fingerprint density at radius 2 is 1.92 bits per heavy atom. The lowest BCUT2D eigenvalue weighted by Gasteiger charge is -1.95. The molecule has 0 unspecified atom stereocenters. The van der Waals surface area contributed by atoms with Gasteiger partial charge in [-0.15, -0.1) is 9.13 Å². The average Bonchev–Trinajstić information content (AvgIpc) is 2.94. The zero-order valence-corrected chi connectivity index (χ0v) is 13.0. The Bertz CT molecular complexity index is 1150. The largest absolute Gasteiger partial charge is 0.345 e. The first kappa shape index (κ1) is 14.2. The summed E-state index contributed by atoms with van der Waals surface area (Å²) in [5.74, 6) is 5.83. The Balaban J connectivity index is 1.72. The third-order valence-corrected chi connectivity index (χ3v) is 3.98. The second-order valence-electron chi connectivity index (χ2n) is 5.63. The van der Waals surface area contributed by atoms with Crippen molar-refractivity contribution in [3.8, 4) is 23.2 Å². The molecule has 0 atom stereocenters. The lowest BCUT2D eigenvalue weighted by Crippen LogP contribution is -2.45. The second kappa shape index (κ2) is 5.32. The molecule has 0 fully saturated rings. The van der Waals surface area contributed by atoms with Gasteiger partial charge in [0.05, 0.1) is 5.56 Å². The van der Waals surface area contributed by atoms with Crippen molar-refractivity contribution in [2.24, 2.45) is 7.05 Å². The molecule has 4 rings (SSSR count). The van der Waals surface area contributed by atoms with Gasteiger partial charge in [-0.2, -0.15) is 0 Å². The maximum Gasteiger partial charge on any atom is 0.345 e. The van der Waals surface area contributed by atoms with Gasteiger partial charge < -0.3 is 4.57 Å². The van der Waals surface area contributed by atoms with Crippen LogP contribution in [0.25, 0.3) is 11.4 Å². The van der Waals surface area contributed by atoms with Gasteiger partial charge in [-0.05, 0) is 12.1 Å². The van der Waals surface area contributed by atoms with E-state index in [-0.39, 0.29) is 5.56 Å². The van der Waals surface area contributed by atoms with Crippen molar-refractivity contribution in [3.63, 3.8) is 0 Å². The summed E-state index contributed by atoms with van der Waals surface area (Å²) in [6, 6.07) is 10.0. The first-order chi connectivity index (χ1) is 11.6. The number of aromatic nitrogens is 4. The molecule has 4 heterocycles. The van der Waals surface area contributed by atoms with E-state index in [4.69, 9.17) is 0 Å². The molecule has 3 aromatic heterocycles. The van der Waals surface area contributed by atoms with Gasteiger partial charge in [0, 0.05) is 31.4 Å². The molecule has 0 aromatic carbocycles. The van der Waals surface area contributed by atoms with E-state index in [0.29, 0.717) is 0 Å². The molecule has 1 aliphatic rings. The van der Waals surface area contributed by atoms with E-state index in [1.807, 2.05) is 36.7 Å². The van der Waals surface area contributed by atoms with Crippen LogP contribution in [-0.2, 0) is 13.7 Å². The van der Waals surface area contributed by atoms with Gasteiger partial charge in [0.2, 0.25) is 0 Å². The number of nitrogens with zero attached hydrogens (tertiary/aromatic N) is 3. The van der Waals surface area contributed by atoms with Crippen molar-refractivity contribution in [2.75, 3.05) is 0 Å². The van der Waals surface area contributed by atoms with E-state index in [1.54, 1.807) is 7.05 Å². The first-order valence-corrected chi connectivity index (χ1v) is 7.46. The quantitative estimate of drug-likeness (QED) is 0.352. The minimum Gasteiger partial charge on any atom is -0.302 e. The molecular weight excluding hydrogens is 304 g/mol. The van der Waals surface area contributed by atoms with E-state index in [9.17, 15) is 9.59 Å². The van der Waals surface area contributed by atoms with Crippen LogP contribution < -0.4 is 20.4 Å². The van der Waals surface area contributed by atoms with Gasteiger partial charge in [-0.3, -0.25) is 9.78 Å². The van der Waals surface area contributed by atoms with Gasteiger partial charge in [-0.1, -0.05) is 11.8 Å². The average molecular weight is 318 g/mol. The number of aromatic amines is 1. The molecule has 0 radical (unpaired) electrons. The van der Waals surface area contributed by atoms with Crippen molar-refractivity contribution in [1.82, 2.24) is 9.55 Å². The summed E-state index contributed by atoms with van der Waals surface area (Å²) in [6.45, 7) is 0.738. The van der Waals surface area contributed by atoms with Crippen LogP contribution in [0.2, 0.25) is 0 Å². The molecule has 0 amide bonds. The predicted octanol–water partition coefficient (Wildman–Crippen LogP) is -0.465. The number of nitrogens with one attached hydrogen (secondary N) is 1. The summed E-state index contributed by atoms with van der Waals surface area (Å²) < 4.78 is 5.57. The number of pyridine rings is 2. The highest BCUT2D eigenvalue weighted by atomic mass is 16.2. The fourth-order valence-corrected chi connectivity index (χ4v) is 2.76. The molecule has 0 bridgehead atoms. The van der Waals surface area contributed by atoms with E-state index >= 15 is 0 Å². The number of hydrogen-bond donors (Lipinski definition) is 1. The van der Waals surface area contributed by atoms with E-state index in [1.165, 1.54) is 10.8 Å². The van der Waals surface area contributed by atoms with Crippen molar-refractivity contribution >= 4 is 0 Å². The Labute approximate surface area is 137 Å². The standard InChI is InChI=1S/C18H13N4O2/c1-20-11-14(17(23)19-18(20)24)7-5-13-6-8-16-15-4-2-3-9-21(15)12-22(16)10-13/h2-4,6,8-11H,12H2,1H3/q+1/p+1. The summed E-state index contributed by atoms with van der Waals surface area (Å²) in [5, 5.41) is 0. The summed E-state index contributed by atoms with van der Waals surface area (Å²) >= 11 is 0. The van der Waals surface area contributed by atoms with Crippen molar-refractivity contribution < 1.29 is 9.13 Å². The molecule has 0 saturated heterocycles. The lowest BCUT2D eigenvalue weighted by molar-refractivity contribution is -0.877. The highest BCUT2D eigenvalue weighted by molar-refractivity contribution is 5.49. The van der Waals surface area contributed by atoms with Gasteiger partial charge in [-0.25, -0.2) is 4.79 Å². The molecule has 6 heteroatoms. The molecule has 1 aliphatic heterocycles. The maximum absolute atomic E-state index is 11.8. The van der Waals surface area contributed by atoms with Crippen LogP contribution in [-0.4, -0.2) is 9.55 Å². The second-order valence-corrected chi connectivity index (χ2v) is 5.63. The molecule has 1 N–H and O–H groups in total. The summed E-state index contributed by atoms with van der Waals surface area (Å²) in [7, 11) is 1.57. The fraction of sp³-hybridized carbons (Fsp3) is 0.111. The minimum atomic E-state index is -0.470. The molecule has 3 aromatic rings. The van der Waals surface area contributed by atoms with Crippen LogP contribution in [0.5, 0.6) is 0 Å². The van der Waals surface area contributed by atoms with Crippen molar-refractivity contribution in [1.29, 1.82) is 0 Å². The lowest BCUT2D eigenvalue weighted by atomic mass is 10.2. The minimum absolute atomic E-state index is 0.264. The van der Waals surface area contributed by atoms with Crippen LogP contribution >= 0.6 is 0 Å². The predicted molar refractivity (Wildman–Crippen MR) is 85.9 cm³/mol. The number of fused-ring (bicyclic) bond motifs is 3. The Kier molecular flexibility index (Phi) is 3.14. The van der Waals surface area contributed by atoms with Gasteiger partial charge in [0.1, 0.15) is 5.56 Å². The third kappa shape index (κ3) is 2.32. The highest BCUT2D eigenvalue weighted by Gasteiger charge is 2.32. The Hall–Kier alpha value is -3.46.